The van der Waals surface area contributed by atoms with E-state index in [1.807, 2.05) is 0 Å². The first kappa shape index (κ1) is 21.8. The number of rotatable bonds is 7. The van der Waals surface area contributed by atoms with Crippen LogP contribution in [0.4, 0.5) is 5.69 Å². The summed E-state index contributed by atoms with van der Waals surface area (Å²) in [4.78, 5) is 26.6. The number of benzene rings is 1. The van der Waals surface area contributed by atoms with Crippen LogP contribution in [0.3, 0.4) is 0 Å². The Hall–Kier alpha value is -1.93. The fourth-order valence-corrected chi connectivity index (χ4v) is 5.58. The number of amides is 2. The Kier molecular flexibility index (Phi) is 6.95. The number of hydrogen-bond donors (Lipinski definition) is 1. The van der Waals surface area contributed by atoms with Gasteiger partial charge >= 0.3 is 0 Å². The molecule has 2 aliphatic heterocycles. The summed E-state index contributed by atoms with van der Waals surface area (Å²) in [7, 11) is -3.51. The maximum Gasteiger partial charge on any atom is 0.243 e. The van der Waals surface area contributed by atoms with Gasteiger partial charge in [0, 0.05) is 38.3 Å². The average Bonchev–Trinajstić information content (AvgIpc) is 3.07. The number of nitrogens with one attached hydrogen (secondary N) is 1. The van der Waals surface area contributed by atoms with Gasteiger partial charge in [-0.25, -0.2) is 8.42 Å². The van der Waals surface area contributed by atoms with Gasteiger partial charge in [-0.05, 0) is 49.4 Å². The fourth-order valence-electron chi connectivity index (χ4n) is 3.98. The van der Waals surface area contributed by atoms with Crippen molar-refractivity contribution in [3.05, 3.63) is 24.3 Å². The molecule has 29 heavy (non-hydrogen) atoms. The van der Waals surface area contributed by atoms with Crippen molar-refractivity contribution < 1.29 is 18.0 Å². The molecule has 0 bridgehead atoms. The predicted molar refractivity (Wildman–Crippen MR) is 112 cm³/mol. The molecule has 1 aromatic rings. The number of carbonyl (C=O) groups excluding carboxylic acids is 2. The molecule has 0 radical (unpaired) electrons. The average molecular weight is 422 g/mol. The van der Waals surface area contributed by atoms with Gasteiger partial charge in [0.1, 0.15) is 0 Å². The van der Waals surface area contributed by atoms with Crippen molar-refractivity contribution in [3.63, 3.8) is 0 Å². The molecule has 2 saturated heterocycles. The predicted octanol–water partition coefficient (Wildman–Crippen LogP) is 2.69. The minimum Gasteiger partial charge on any atom is -0.342 e. The monoisotopic (exact) mass is 421 g/mol. The van der Waals surface area contributed by atoms with Crippen molar-refractivity contribution in [2.24, 2.45) is 11.8 Å². The highest BCUT2D eigenvalue weighted by molar-refractivity contribution is 7.89. The van der Waals surface area contributed by atoms with E-state index in [0.717, 1.165) is 25.7 Å². The Morgan fingerprint density at radius 2 is 1.93 bits per heavy atom. The molecular formula is C21H31N3O4S. The third-order valence-electron chi connectivity index (χ3n) is 5.75. The van der Waals surface area contributed by atoms with E-state index in [0.29, 0.717) is 37.8 Å². The molecule has 2 atom stereocenters. The quantitative estimate of drug-likeness (QED) is 0.733. The largest absolute Gasteiger partial charge is 0.342 e. The van der Waals surface area contributed by atoms with Crippen LogP contribution in [0.25, 0.3) is 0 Å². The molecule has 1 aromatic carbocycles. The first-order valence-electron chi connectivity index (χ1n) is 10.5. The number of nitrogens with zero attached hydrogens (tertiary/aromatic N) is 2. The van der Waals surface area contributed by atoms with Crippen molar-refractivity contribution in [2.75, 3.05) is 31.5 Å². The van der Waals surface area contributed by atoms with E-state index >= 15 is 0 Å². The maximum absolute atomic E-state index is 12.8. The number of sulfonamides is 1. The Morgan fingerprint density at radius 1 is 1.21 bits per heavy atom. The summed E-state index contributed by atoms with van der Waals surface area (Å²) < 4.78 is 27.2. The second-order valence-corrected chi connectivity index (χ2v) is 10.2. The SMILES string of the molecule is CCCCN1C[C@@H](C(=O)Nc2ccc(S(=O)(=O)N3CCC[C@H](C)C3)cc2)CC1=O. The normalized spacial score (nSPS) is 23.4. The van der Waals surface area contributed by atoms with Gasteiger partial charge in [-0.3, -0.25) is 9.59 Å². The molecule has 8 heteroatoms. The molecule has 0 spiro atoms. The summed E-state index contributed by atoms with van der Waals surface area (Å²) in [6, 6.07) is 6.31. The molecule has 2 fully saturated rings. The third-order valence-corrected chi connectivity index (χ3v) is 7.63. The standard InChI is InChI=1S/C21H31N3O4S/c1-3-4-11-23-15-17(13-20(23)25)21(26)22-18-7-9-19(10-8-18)29(27,28)24-12-5-6-16(2)14-24/h7-10,16-17H,3-6,11-15H2,1-2H3,(H,22,26)/t16-,17-/m0/s1. The Morgan fingerprint density at radius 3 is 2.59 bits per heavy atom. The van der Waals surface area contributed by atoms with Crippen molar-refractivity contribution in [2.45, 2.75) is 50.8 Å². The first-order valence-corrected chi connectivity index (χ1v) is 11.9. The molecule has 0 saturated carbocycles. The van der Waals surface area contributed by atoms with Crippen molar-refractivity contribution >= 4 is 27.5 Å². The summed E-state index contributed by atoms with van der Waals surface area (Å²) in [6.07, 6.45) is 4.10. The highest BCUT2D eigenvalue weighted by Crippen LogP contribution is 2.25. The summed E-state index contributed by atoms with van der Waals surface area (Å²) in [5.41, 5.74) is 0.542. The van der Waals surface area contributed by atoms with E-state index in [4.69, 9.17) is 0 Å². The minimum absolute atomic E-state index is 0.0239. The van der Waals surface area contributed by atoms with Gasteiger partial charge in [0.15, 0.2) is 0 Å². The first-order chi connectivity index (χ1) is 13.8. The van der Waals surface area contributed by atoms with E-state index in [2.05, 4.69) is 19.2 Å². The number of anilines is 1. The Bertz CT molecular complexity index is 838. The number of piperidine rings is 1. The van der Waals surface area contributed by atoms with Gasteiger partial charge in [-0.2, -0.15) is 4.31 Å². The molecule has 0 aliphatic carbocycles. The van der Waals surface area contributed by atoms with E-state index in [1.165, 1.54) is 12.1 Å². The van der Waals surface area contributed by atoms with Gasteiger partial charge in [-0.1, -0.05) is 20.3 Å². The van der Waals surface area contributed by atoms with Crippen molar-refractivity contribution in [1.82, 2.24) is 9.21 Å². The lowest BCUT2D eigenvalue weighted by molar-refractivity contribution is -0.128. The smallest absolute Gasteiger partial charge is 0.243 e. The highest BCUT2D eigenvalue weighted by Gasteiger charge is 2.34. The Balaban J connectivity index is 1.60. The third kappa shape index (κ3) is 5.17. The van der Waals surface area contributed by atoms with E-state index in [1.54, 1.807) is 21.3 Å². The van der Waals surface area contributed by atoms with Crippen molar-refractivity contribution in [3.8, 4) is 0 Å². The molecule has 0 aromatic heterocycles. The number of carbonyl (C=O) groups is 2. The lowest BCUT2D eigenvalue weighted by Crippen LogP contribution is -2.39. The van der Waals surface area contributed by atoms with Crippen LogP contribution in [0, 0.1) is 11.8 Å². The van der Waals surface area contributed by atoms with Crippen LogP contribution in [0.2, 0.25) is 0 Å². The van der Waals surface area contributed by atoms with E-state index < -0.39 is 10.0 Å². The molecule has 2 aliphatic rings. The topological polar surface area (TPSA) is 86.8 Å². The summed E-state index contributed by atoms with van der Waals surface area (Å²) in [5.74, 6) is -0.172. The van der Waals surface area contributed by atoms with Crippen LogP contribution in [-0.2, 0) is 19.6 Å². The van der Waals surface area contributed by atoms with E-state index in [-0.39, 0.29) is 29.0 Å². The van der Waals surface area contributed by atoms with Gasteiger partial charge in [0.05, 0.1) is 10.8 Å². The van der Waals surface area contributed by atoms with Gasteiger partial charge in [0.2, 0.25) is 21.8 Å². The highest BCUT2D eigenvalue weighted by atomic mass is 32.2. The summed E-state index contributed by atoms with van der Waals surface area (Å²) in [5, 5.41) is 2.82. The minimum atomic E-state index is -3.51. The van der Waals surface area contributed by atoms with Crippen molar-refractivity contribution in [1.29, 1.82) is 0 Å². The Labute approximate surface area is 173 Å². The molecule has 3 rings (SSSR count). The molecule has 160 valence electrons. The zero-order chi connectivity index (χ0) is 21.0. The summed E-state index contributed by atoms with van der Waals surface area (Å²) >= 11 is 0. The number of hydrogen-bond acceptors (Lipinski definition) is 4. The van der Waals surface area contributed by atoms with Crippen LogP contribution >= 0.6 is 0 Å². The molecular weight excluding hydrogens is 390 g/mol. The molecule has 2 heterocycles. The van der Waals surface area contributed by atoms with Gasteiger partial charge < -0.3 is 10.2 Å². The van der Waals surface area contributed by atoms with Crippen LogP contribution in [0.1, 0.15) is 46.0 Å². The second kappa shape index (κ2) is 9.26. The van der Waals surface area contributed by atoms with Crippen LogP contribution in [-0.4, -0.2) is 55.6 Å². The zero-order valence-electron chi connectivity index (χ0n) is 17.3. The van der Waals surface area contributed by atoms with Gasteiger partial charge in [0.25, 0.3) is 0 Å². The zero-order valence-corrected chi connectivity index (χ0v) is 18.1. The fraction of sp³-hybridized carbons (Fsp3) is 0.619. The van der Waals surface area contributed by atoms with Crippen LogP contribution in [0.15, 0.2) is 29.2 Å². The lowest BCUT2D eigenvalue weighted by Gasteiger charge is -2.30. The summed E-state index contributed by atoms with van der Waals surface area (Å²) in [6.45, 7) is 6.38. The maximum atomic E-state index is 12.8. The molecule has 0 unspecified atom stereocenters. The molecule has 2 amide bonds. The lowest BCUT2D eigenvalue weighted by atomic mass is 10.0. The second-order valence-electron chi connectivity index (χ2n) is 8.22. The van der Waals surface area contributed by atoms with E-state index in [9.17, 15) is 18.0 Å². The number of unbranched alkanes of at least 4 members (excludes halogenated alkanes) is 1. The van der Waals surface area contributed by atoms with Crippen LogP contribution < -0.4 is 5.32 Å². The molecule has 1 N–H and O–H groups in total. The number of likely N-dealkylation sites (tertiary alicyclic amines) is 1. The molecule has 7 nitrogen and oxygen atoms in total. The van der Waals surface area contributed by atoms with Crippen LogP contribution in [0.5, 0.6) is 0 Å². The van der Waals surface area contributed by atoms with Gasteiger partial charge in [-0.15, -0.1) is 0 Å².